The maximum Gasteiger partial charge on any atom is 0.110 e. The summed E-state index contributed by atoms with van der Waals surface area (Å²) in [5.41, 5.74) is -0.966. The van der Waals surface area contributed by atoms with Crippen LogP contribution < -0.4 is 0 Å². The van der Waals surface area contributed by atoms with E-state index in [-0.39, 0.29) is 13.2 Å². The molecule has 0 aliphatic carbocycles. The molecule has 0 aliphatic heterocycles. The predicted octanol–water partition coefficient (Wildman–Crippen LogP) is 4.60. The highest BCUT2D eigenvalue weighted by atomic mass is 17.2. The van der Waals surface area contributed by atoms with Crippen LogP contribution in [0.3, 0.4) is 0 Å². The molecule has 0 aromatic heterocycles. The molecule has 0 fully saturated rings. The van der Waals surface area contributed by atoms with Gasteiger partial charge in [0.2, 0.25) is 0 Å². The van der Waals surface area contributed by atoms with Crippen LogP contribution in [0.4, 0.5) is 0 Å². The second-order valence-electron chi connectivity index (χ2n) is 13.2. The van der Waals surface area contributed by atoms with E-state index in [1.165, 1.54) is 0 Å². The summed E-state index contributed by atoms with van der Waals surface area (Å²) >= 11 is 0. The van der Waals surface area contributed by atoms with Crippen LogP contribution in [0.5, 0.6) is 0 Å². The van der Waals surface area contributed by atoms with Gasteiger partial charge in [-0.3, -0.25) is 0 Å². The summed E-state index contributed by atoms with van der Waals surface area (Å²) in [6.07, 6.45) is 6.19. The van der Waals surface area contributed by atoms with Crippen molar-refractivity contribution in [3.05, 3.63) is 35.4 Å². The molecule has 14 heteroatoms. The highest BCUT2D eigenvalue weighted by molar-refractivity contribution is 5.30. The third-order valence-electron chi connectivity index (χ3n) is 7.86. The normalized spacial score (nSPS) is 14.0. The summed E-state index contributed by atoms with van der Waals surface area (Å²) in [7, 11) is 0. The maximum atomic E-state index is 11.0. The molecule has 318 valence electrons. The van der Waals surface area contributed by atoms with Gasteiger partial charge in [-0.25, -0.2) is 9.78 Å². The van der Waals surface area contributed by atoms with Gasteiger partial charge in [-0.05, 0) is 50.7 Å². The third kappa shape index (κ3) is 29.9. The monoisotopic (exact) mass is 779 g/mol. The number of unbranched alkanes of at least 4 members (excludes halogenated alkanes) is 3. The molecule has 2 atom stereocenters. The fourth-order valence-electron chi connectivity index (χ4n) is 4.77. The van der Waals surface area contributed by atoms with Crippen LogP contribution in [-0.4, -0.2) is 156 Å². The van der Waals surface area contributed by atoms with Gasteiger partial charge in [-0.2, -0.15) is 0 Å². The van der Waals surface area contributed by atoms with E-state index >= 15 is 0 Å². The second kappa shape index (κ2) is 36.0. The van der Waals surface area contributed by atoms with Gasteiger partial charge in [0.15, 0.2) is 0 Å². The smallest absolute Gasteiger partial charge is 0.110 e. The molecular weight excluding hydrogens is 704 g/mol. The topological polar surface area (TPSA) is 151 Å². The summed E-state index contributed by atoms with van der Waals surface area (Å²) in [6.45, 7) is 18.3. The second-order valence-corrected chi connectivity index (χ2v) is 13.2. The zero-order valence-electron chi connectivity index (χ0n) is 33.9. The quantitative estimate of drug-likeness (QED) is 0.0541. The summed E-state index contributed by atoms with van der Waals surface area (Å²) in [4.78, 5) is 10.1. The molecule has 0 saturated heterocycles. The van der Waals surface area contributed by atoms with Crippen molar-refractivity contribution < 1.29 is 67.4 Å². The van der Waals surface area contributed by atoms with E-state index in [1.54, 1.807) is 38.1 Å². The van der Waals surface area contributed by atoms with Gasteiger partial charge >= 0.3 is 0 Å². The minimum Gasteiger partial charge on any atom is -0.383 e. The van der Waals surface area contributed by atoms with Crippen LogP contribution in [0.1, 0.15) is 77.3 Å². The Morgan fingerprint density at radius 3 is 0.926 bits per heavy atom. The Hall–Kier alpha value is -1.34. The molecule has 1 rings (SSSR count). The molecule has 0 amide bonds. The first-order valence-electron chi connectivity index (χ1n) is 19.9. The molecule has 1 aromatic carbocycles. The zero-order chi connectivity index (χ0) is 39.3. The van der Waals surface area contributed by atoms with E-state index in [4.69, 9.17) is 57.1 Å². The standard InChI is InChI=1S/C40H74O14/c1-5-15-43-19-23-47-27-29-51-35-39(3,41)37-11-13-38(14-12-37)40(4,42)36-52-30-28-48-25-21-45-17-9-7-8-10-18-46-22-26-50-32-34-54-53-33-31-49-24-20-44-16-6-2/h11-14,41-42H,5-10,15-36H2,1-4H3. The van der Waals surface area contributed by atoms with Crippen molar-refractivity contribution in [1.29, 1.82) is 0 Å². The maximum absolute atomic E-state index is 11.0. The Kier molecular flexibility index (Phi) is 33.8. The fourth-order valence-corrected chi connectivity index (χ4v) is 4.77. The van der Waals surface area contributed by atoms with Crippen molar-refractivity contribution in [3.63, 3.8) is 0 Å². The Labute approximate surface area is 325 Å². The molecule has 1 aromatic rings. The first kappa shape index (κ1) is 50.7. The Morgan fingerprint density at radius 1 is 0.352 bits per heavy atom. The van der Waals surface area contributed by atoms with Gasteiger partial charge in [-0.15, -0.1) is 0 Å². The molecule has 14 nitrogen and oxygen atoms in total. The van der Waals surface area contributed by atoms with E-state index < -0.39 is 11.2 Å². The highest BCUT2D eigenvalue weighted by Crippen LogP contribution is 2.26. The molecule has 0 saturated carbocycles. The first-order chi connectivity index (χ1) is 26.3. The lowest BCUT2D eigenvalue weighted by Crippen LogP contribution is -2.30. The van der Waals surface area contributed by atoms with E-state index in [1.807, 2.05) is 0 Å². The summed E-state index contributed by atoms with van der Waals surface area (Å²) in [5, 5.41) is 21.8. The van der Waals surface area contributed by atoms with Gasteiger partial charge in [0.05, 0.1) is 106 Å². The van der Waals surface area contributed by atoms with Gasteiger partial charge in [0.1, 0.15) is 24.4 Å². The summed E-state index contributed by atoms with van der Waals surface area (Å²) in [5.74, 6) is 0. The lowest BCUT2D eigenvalue weighted by atomic mass is 9.91. The highest BCUT2D eigenvalue weighted by Gasteiger charge is 2.27. The average Bonchev–Trinajstić information content (AvgIpc) is 3.16. The molecular formula is C40H74O14. The van der Waals surface area contributed by atoms with Crippen molar-refractivity contribution in [2.45, 2.75) is 77.4 Å². The number of rotatable bonds is 42. The molecule has 0 heterocycles. The lowest BCUT2D eigenvalue weighted by molar-refractivity contribution is -0.303. The van der Waals surface area contributed by atoms with Crippen molar-refractivity contribution in [3.8, 4) is 0 Å². The summed E-state index contributed by atoms with van der Waals surface area (Å²) in [6, 6.07) is 7.20. The fraction of sp³-hybridized carbons (Fsp3) is 0.850. The average molecular weight is 779 g/mol. The minimum atomic E-state index is -1.19. The van der Waals surface area contributed by atoms with Crippen molar-refractivity contribution in [2.75, 3.05) is 145 Å². The number of hydrogen-bond donors (Lipinski definition) is 2. The lowest BCUT2D eigenvalue weighted by Gasteiger charge is -2.27. The molecule has 2 N–H and O–H groups in total. The minimum absolute atomic E-state index is 0.118. The van der Waals surface area contributed by atoms with Crippen LogP contribution in [-0.2, 0) is 68.3 Å². The van der Waals surface area contributed by atoms with Crippen LogP contribution >= 0.6 is 0 Å². The third-order valence-corrected chi connectivity index (χ3v) is 7.86. The summed E-state index contributed by atoms with van der Waals surface area (Å²) < 4.78 is 55.2. The van der Waals surface area contributed by atoms with E-state index in [2.05, 4.69) is 13.8 Å². The van der Waals surface area contributed by atoms with Crippen LogP contribution in [0.15, 0.2) is 24.3 Å². The molecule has 2 unspecified atom stereocenters. The van der Waals surface area contributed by atoms with Gasteiger partial charge in [-0.1, -0.05) is 51.0 Å². The van der Waals surface area contributed by atoms with Crippen molar-refractivity contribution in [2.24, 2.45) is 0 Å². The Morgan fingerprint density at radius 2 is 0.611 bits per heavy atom. The zero-order valence-corrected chi connectivity index (χ0v) is 33.9. The number of benzene rings is 1. The van der Waals surface area contributed by atoms with Crippen LogP contribution in [0, 0.1) is 0 Å². The van der Waals surface area contributed by atoms with Crippen LogP contribution in [0.2, 0.25) is 0 Å². The van der Waals surface area contributed by atoms with Gasteiger partial charge in [0, 0.05) is 26.4 Å². The molecule has 0 aliphatic rings. The predicted molar refractivity (Wildman–Crippen MR) is 205 cm³/mol. The molecule has 0 spiro atoms. The SMILES string of the molecule is CCCOCCOCCOCC(C)(O)c1ccc(C(C)(O)COCCOCCOCCCCCCOCCOCCOOCCOCCOCCC)cc1. The Bertz CT molecular complexity index is 918. The van der Waals surface area contributed by atoms with Gasteiger partial charge in [0.25, 0.3) is 0 Å². The van der Waals surface area contributed by atoms with Crippen molar-refractivity contribution in [1.82, 2.24) is 0 Å². The molecule has 54 heavy (non-hydrogen) atoms. The number of aliphatic hydroxyl groups is 2. The van der Waals surface area contributed by atoms with E-state index in [0.717, 1.165) is 58.3 Å². The molecule has 0 radical (unpaired) electrons. The van der Waals surface area contributed by atoms with Crippen molar-refractivity contribution >= 4 is 0 Å². The van der Waals surface area contributed by atoms with Crippen LogP contribution in [0.25, 0.3) is 0 Å². The largest absolute Gasteiger partial charge is 0.383 e. The van der Waals surface area contributed by atoms with E-state index in [9.17, 15) is 10.2 Å². The molecule has 0 bridgehead atoms. The van der Waals surface area contributed by atoms with E-state index in [0.29, 0.717) is 123 Å². The van der Waals surface area contributed by atoms with Gasteiger partial charge < -0.3 is 57.6 Å². The number of ether oxygens (including phenoxy) is 10. The Balaban J connectivity index is 1.89. The first-order valence-corrected chi connectivity index (χ1v) is 19.9. The number of hydrogen-bond acceptors (Lipinski definition) is 14.